The lowest BCUT2D eigenvalue weighted by Gasteiger charge is -2.24. The van der Waals surface area contributed by atoms with Crippen molar-refractivity contribution in [1.29, 1.82) is 0 Å². The fourth-order valence-corrected chi connectivity index (χ4v) is 4.71. The monoisotopic (exact) mass is 312 g/mol. The predicted molar refractivity (Wildman–Crippen MR) is 85.5 cm³/mol. The Morgan fingerprint density at radius 1 is 1.39 bits per heavy atom. The van der Waals surface area contributed by atoms with Gasteiger partial charge in [0.05, 0.1) is 17.5 Å². The van der Waals surface area contributed by atoms with Crippen LogP contribution in [0.25, 0.3) is 11.0 Å². The molecule has 2 aromatic heterocycles. The molecule has 0 spiro atoms. The number of nitrogen functional groups attached to an aromatic ring is 1. The van der Waals surface area contributed by atoms with Crippen molar-refractivity contribution in [1.82, 2.24) is 14.5 Å². The van der Waals surface area contributed by atoms with Crippen LogP contribution in [-0.2, 0) is 9.47 Å². The molecule has 1 saturated heterocycles. The first kappa shape index (κ1) is 13.5. The Kier molecular flexibility index (Phi) is 2.31. The molecule has 6 nitrogen and oxygen atoms in total. The van der Waals surface area contributed by atoms with Crippen molar-refractivity contribution in [2.45, 2.75) is 44.3 Å². The van der Waals surface area contributed by atoms with Crippen LogP contribution in [0, 0.1) is 11.3 Å². The summed E-state index contributed by atoms with van der Waals surface area (Å²) in [5.41, 5.74) is 6.87. The first-order chi connectivity index (χ1) is 11.0. The zero-order chi connectivity index (χ0) is 16.0. The molecule has 0 radical (unpaired) electrons. The van der Waals surface area contributed by atoms with Gasteiger partial charge in [0.15, 0.2) is 5.79 Å². The summed E-state index contributed by atoms with van der Waals surface area (Å²) in [6.45, 7) is 8.02. The minimum absolute atomic E-state index is 0.00791. The highest BCUT2D eigenvalue weighted by atomic mass is 16.8. The van der Waals surface area contributed by atoms with Gasteiger partial charge >= 0.3 is 0 Å². The van der Waals surface area contributed by atoms with Crippen molar-refractivity contribution in [3.63, 3.8) is 0 Å². The van der Waals surface area contributed by atoms with Crippen LogP contribution in [0.3, 0.4) is 0 Å². The van der Waals surface area contributed by atoms with Crippen molar-refractivity contribution in [3.8, 4) is 0 Å². The third kappa shape index (κ3) is 1.55. The summed E-state index contributed by atoms with van der Waals surface area (Å²) in [6, 6.07) is 2.17. The van der Waals surface area contributed by atoms with Gasteiger partial charge in [0, 0.05) is 11.6 Å². The Labute approximate surface area is 134 Å². The maximum atomic E-state index is 6.25. The molecule has 1 aliphatic heterocycles. The van der Waals surface area contributed by atoms with Gasteiger partial charge in [-0.25, -0.2) is 9.97 Å². The van der Waals surface area contributed by atoms with E-state index in [9.17, 15) is 0 Å². The molecular formula is C17H20N4O2. The van der Waals surface area contributed by atoms with E-state index in [-0.39, 0.29) is 23.7 Å². The Morgan fingerprint density at radius 3 is 3.00 bits per heavy atom. The lowest BCUT2D eigenvalue weighted by atomic mass is 10.00. The van der Waals surface area contributed by atoms with Gasteiger partial charge < -0.3 is 19.8 Å². The second-order valence-electron chi connectivity index (χ2n) is 7.36. The van der Waals surface area contributed by atoms with Gasteiger partial charge in [-0.2, -0.15) is 0 Å². The van der Waals surface area contributed by atoms with E-state index in [4.69, 9.17) is 15.2 Å². The van der Waals surface area contributed by atoms with E-state index in [1.54, 1.807) is 0 Å². The minimum atomic E-state index is -0.561. The molecule has 0 amide bonds. The van der Waals surface area contributed by atoms with Crippen LogP contribution in [-0.4, -0.2) is 32.5 Å². The number of nitrogens with zero attached hydrogens (tertiary/aromatic N) is 3. The molecule has 3 fully saturated rings. The fourth-order valence-electron chi connectivity index (χ4n) is 4.71. The first-order valence-corrected chi connectivity index (χ1v) is 8.03. The number of hydrogen-bond acceptors (Lipinski definition) is 5. The molecule has 3 heterocycles. The Bertz CT molecular complexity index is 829. The maximum Gasteiger partial charge on any atom is 0.163 e. The number of ether oxygens (including phenoxy) is 2. The van der Waals surface area contributed by atoms with E-state index in [0.29, 0.717) is 11.7 Å². The number of rotatable bonds is 2. The molecule has 2 aromatic rings. The zero-order valence-corrected chi connectivity index (χ0v) is 13.3. The van der Waals surface area contributed by atoms with Gasteiger partial charge in [0.25, 0.3) is 0 Å². The van der Waals surface area contributed by atoms with Crippen LogP contribution in [0.2, 0.25) is 0 Å². The summed E-state index contributed by atoms with van der Waals surface area (Å²) in [7, 11) is 0. The largest absolute Gasteiger partial charge is 0.383 e. The summed E-state index contributed by atoms with van der Waals surface area (Å²) < 4.78 is 14.7. The molecule has 120 valence electrons. The molecule has 2 aliphatic carbocycles. The van der Waals surface area contributed by atoms with Crippen LogP contribution < -0.4 is 5.73 Å². The molecule has 6 heteroatoms. The van der Waals surface area contributed by atoms with Crippen LogP contribution in [0.4, 0.5) is 5.82 Å². The third-order valence-electron chi connectivity index (χ3n) is 5.75. The topological polar surface area (TPSA) is 75.2 Å². The fraction of sp³-hybridized carbons (Fsp3) is 0.529. The van der Waals surface area contributed by atoms with E-state index in [0.717, 1.165) is 17.5 Å². The van der Waals surface area contributed by atoms with E-state index >= 15 is 0 Å². The van der Waals surface area contributed by atoms with Crippen molar-refractivity contribution < 1.29 is 9.47 Å². The van der Waals surface area contributed by atoms with Crippen LogP contribution >= 0.6 is 0 Å². The second kappa shape index (κ2) is 3.94. The molecular weight excluding hydrogens is 292 g/mol. The molecule has 23 heavy (non-hydrogen) atoms. The summed E-state index contributed by atoms with van der Waals surface area (Å²) >= 11 is 0. The summed E-state index contributed by atoms with van der Waals surface area (Å²) in [5, 5.41) is 0.888. The molecule has 2 N–H and O–H groups in total. The molecule has 5 rings (SSSR count). The SMILES string of the molecule is C=C[C@@]12C[C@@H]1C(n1ccc3c(N)ncnc31)[C@@H]1OC(C)(C)O[C@@H]12. The van der Waals surface area contributed by atoms with E-state index in [2.05, 4.69) is 27.2 Å². The van der Waals surface area contributed by atoms with E-state index < -0.39 is 5.79 Å². The highest BCUT2D eigenvalue weighted by Crippen LogP contribution is 2.72. The molecule has 5 atom stereocenters. The maximum absolute atomic E-state index is 6.25. The van der Waals surface area contributed by atoms with Crippen LogP contribution in [0.15, 0.2) is 31.2 Å². The zero-order valence-electron chi connectivity index (χ0n) is 13.3. The highest BCUT2D eigenvalue weighted by Gasteiger charge is 2.74. The van der Waals surface area contributed by atoms with Crippen molar-refractivity contribution >= 4 is 16.9 Å². The normalized spacial score (nSPS) is 40.1. The van der Waals surface area contributed by atoms with E-state index in [1.807, 2.05) is 26.1 Å². The van der Waals surface area contributed by atoms with Crippen LogP contribution in [0.1, 0.15) is 26.3 Å². The van der Waals surface area contributed by atoms with Crippen molar-refractivity contribution in [2.24, 2.45) is 11.3 Å². The Morgan fingerprint density at radius 2 is 2.22 bits per heavy atom. The van der Waals surface area contributed by atoms with Crippen molar-refractivity contribution in [2.75, 3.05) is 5.73 Å². The quantitative estimate of drug-likeness (QED) is 0.861. The number of fused-ring (bicyclic) bond motifs is 4. The first-order valence-electron chi connectivity index (χ1n) is 8.03. The lowest BCUT2D eigenvalue weighted by molar-refractivity contribution is -0.159. The minimum Gasteiger partial charge on any atom is -0.383 e. The van der Waals surface area contributed by atoms with Gasteiger partial charge in [0.2, 0.25) is 0 Å². The average molecular weight is 312 g/mol. The number of hydrogen-bond donors (Lipinski definition) is 1. The molecule has 0 aromatic carbocycles. The summed E-state index contributed by atoms with van der Waals surface area (Å²) in [6.07, 6.45) is 6.78. The molecule has 1 unspecified atom stereocenters. The summed E-state index contributed by atoms with van der Waals surface area (Å²) in [5.74, 6) is 0.421. The smallest absolute Gasteiger partial charge is 0.163 e. The molecule has 0 bridgehead atoms. The van der Waals surface area contributed by atoms with Gasteiger partial charge in [-0.1, -0.05) is 6.08 Å². The summed E-state index contributed by atoms with van der Waals surface area (Å²) in [4.78, 5) is 8.53. The average Bonchev–Trinajstić information content (AvgIpc) is 2.78. The molecule has 2 saturated carbocycles. The van der Waals surface area contributed by atoms with E-state index in [1.165, 1.54) is 6.33 Å². The standard InChI is InChI=1S/C17H20N4O2/c1-4-17-7-10(17)11(12-13(17)23-16(2,3)22-12)21-6-5-9-14(18)19-8-20-15(9)21/h4-6,8,10-13H,1,7H2,2-3H3,(H2,18,19,20)/t10-,11?,12+,13+,17-/m1/s1. The number of nitrogens with two attached hydrogens (primary N) is 1. The third-order valence-corrected chi connectivity index (χ3v) is 5.75. The van der Waals surface area contributed by atoms with Gasteiger partial charge in [-0.3, -0.25) is 0 Å². The van der Waals surface area contributed by atoms with Crippen LogP contribution in [0.5, 0.6) is 0 Å². The predicted octanol–water partition coefficient (Wildman–Crippen LogP) is 2.28. The van der Waals surface area contributed by atoms with Gasteiger partial charge in [-0.15, -0.1) is 6.58 Å². The highest BCUT2D eigenvalue weighted by molar-refractivity contribution is 5.86. The van der Waals surface area contributed by atoms with Gasteiger partial charge in [-0.05, 0) is 32.3 Å². The Balaban J connectivity index is 1.65. The second-order valence-corrected chi connectivity index (χ2v) is 7.36. The number of aromatic nitrogens is 3. The molecule has 3 aliphatic rings. The van der Waals surface area contributed by atoms with Gasteiger partial charge in [0.1, 0.15) is 23.9 Å². The Hall–Kier alpha value is -1.92. The lowest BCUT2D eigenvalue weighted by Crippen LogP contribution is -2.31. The van der Waals surface area contributed by atoms with Crippen molar-refractivity contribution in [3.05, 3.63) is 31.2 Å². The number of anilines is 1.